The molecule has 2 rings (SSSR count). The fraction of sp³-hybridized carbons (Fsp3) is 0.462. The van der Waals surface area contributed by atoms with E-state index in [1.54, 1.807) is 11.0 Å². The second kappa shape index (κ2) is 6.01. The van der Waals surface area contributed by atoms with E-state index in [9.17, 15) is 9.90 Å². The molecule has 4 nitrogen and oxygen atoms in total. The van der Waals surface area contributed by atoms with Gasteiger partial charge in [-0.05, 0) is 24.3 Å². The highest BCUT2D eigenvalue weighted by atomic mass is 32.1. The zero-order chi connectivity index (χ0) is 13.0. The molecule has 0 aromatic carbocycles. The van der Waals surface area contributed by atoms with Crippen LogP contribution in [-0.2, 0) is 0 Å². The van der Waals surface area contributed by atoms with Crippen LogP contribution in [0.15, 0.2) is 11.4 Å². The molecule has 0 saturated carbocycles. The van der Waals surface area contributed by atoms with Gasteiger partial charge >= 0.3 is 0 Å². The summed E-state index contributed by atoms with van der Waals surface area (Å²) in [5.74, 6) is 5.25. The van der Waals surface area contributed by atoms with Crippen molar-refractivity contribution in [2.24, 2.45) is 0 Å². The number of hydrogen-bond acceptors (Lipinski definition) is 4. The summed E-state index contributed by atoms with van der Waals surface area (Å²) < 4.78 is 0. The van der Waals surface area contributed by atoms with Crippen molar-refractivity contribution < 1.29 is 15.0 Å². The van der Waals surface area contributed by atoms with Crippen molar-refractivity contribution >= 4 is 17.2 Å². The summed E-state index contributed by atoms with van der Waals surface area (Å²) in [6.07, 6.45) is 1.16. The average molecular weight is 265 g/mol. The molecule has 1 aromatic rings. The van der Waals surface area contributed by atoms with Crippen LogP contribution in [0.2, 0.25) is 0 Å². The number of aliphatic hydroxyl groups excluding tert-OH is 2. The first-order chi connectivity index (χ1) is 8.72. The van der Waals surface area contributed by atoms with E-state index in [1.807, 2.05) is 5.38 Å². The number of hydrogen-bond donors (Lipinski definition) is 2. The third-order valence-electron chi connectivity index (χ3n) is 2.85. The molecule has 1 unspecified atom stereocenters. The number of aliphatic hydroxyl groups is 2. The van der Waals surface area contributed by atoms with E-state index in [0.29, 0.717) is 23.5 Å². The van der Waals surface area contributed by atoms with Crippen LogP contribution < -0.4 is 0 Å². The van der Waals surface area contributed by atoms with Gasteiger partial charge in [-0.1, -0.05) is 11.8 Å². The molecule has 2 heterocycles. The van der Waals surface area contributed by atoms with E-state index in [4.69, 9.17) is 5.11 Å². The molecule has 0 spiro atoms. The number of rotatable bonds is 1. The standard InChI is InChI=1S/C13H15NO3S/c15-7-2-3-10-5-8-18-12(10)13(17)14-6-1-4-11(16)9-14/h5,8,11,15-16H,1,4,6-7,9H2. The Balaban J connectivity index is 2.15. The number of amides is 1. The summed E-state index contributed by atoms with van der Waals surface area (Å²) in [5.41, 5.74) is 0.652. The molecule has 5 heteroatoms. The molecule has 18 heavy (non-hydrogen) atoms. The van der Waals surface area contributed by atoms with Crippen molar-refractivity contribution in [3.8, 4) is 11.8 Å². The van der Waals surface area contributed by atoms with Gasteiger partial charge in [0.25, 0.3) is 5.91 Å². The van der Waals surface area contributed by atoms with E-state index in [2.05, 4.69) is 11.8 Å². The highest BCUT2D eigenvalue weighted by molar-refractivity contribution is 7.12. The quantitative estimate of drug-likeness (QED) is 0.734. The molecule has 1 amide bonds. The Morgan fingerprint density at radius 3 is 3.17 bits per heavy atom. The summed E-state index contributed by atoms with van der Waals surface area (Å²) in [6.45, 7) is 0.857. The molecule has 0 aliphatic carbocycles. The van der Waals surface area contributed by atoms with E-state index < -0.39 is 6.10 Å². The van der Waals surface area contributed by atoms with E-state index in [-0.39, 0.29) is 12.5 Å². The molecular weight excluding hydrogens is 250 g/mol. The van der Waals surface area contributed by atoms with Gasteiger partial charge in [0.1, 0.15) is 11.5 Å². The number of carbonyl (C=O) groups is 1. The van der Waals surface area contributed by atoms with Crippen LogP contribution in [-0.4, -0.2) is 46.8 Å². The normalized spacial score (nSPS) is 19.2. The molecule has 1 aliphatic heterocycles. The van der Waals surface area contributed by atoms with Gasteiger partial charge < -0.3 is 15.1 Å². The van der Waals surface area contributed by atoms with Crippen LogP contribution in [0.4, 0.5) is 0 Å². The lowest BCUT2D eigenvalue weighted by Gasteiger charge is -2.29. The average Bonchev–Trinajstić information content (AvgIpc) is 2.83. The van der Waals surface area contributed by atoms with Crippen LogP contribution >= 0.6 is 11.3 Å². The molecule has 0 radical (unpaired) electrons. The van der Waals surface area contributed by atoms with Gasteiger partial charge in [0.15, 0.2) is 0 Å². The van der Waals surface area contributed by atoms with Crippen LogP contribution in [0.1, 0.15) is 28.1 Å². The van der Waals surface area contributed by atoms with Gasteiger partial charge in [-0.25, -0.2) is 0 Å². The Bertz CT molecular complexity index is 486. The Morgan fingerprint density at radius 1 is 1.61 bits per heavy atom. The largest absolute Gasteiger partial charge is 0.391 e. The maximum Gasteiger partial charge on any atom is 0.265 e. The van der Waals surface area contributed by atoms with Crippen LogP contribution in [0, 0.1) is 11.8 Å². The van der Waals surface area contributed by atoms with Crippen molar-refractivity contribution in [2.75, 3.05) is 19.7 Å². The minimum Gasteiger partial charge on any atom is -0.391 e. The number of thiophene rings is 1. The SMILES string of the molecule is O=C(c1sccc1C#CCO)N1CCCC(O)C1. The maximum atomic E-state index is 12.3. The van der Waals surface area contributed by atoms with Gasteiger partial charge in [0.2, 0.25) is 0 Å². The summed E-state index contributed by atoms with van der Waals surface area (Å²) in [7, 11) is 0. The van der Waals surface area contributed by atoms with Crippen molar-refractivity contribution in [1.29, 1.82) is 0 Å². The molecule has 0 bridgehead atoms. The van der Waals surface area contributed by atoms with Gasteiger partial charge in [-0.3, -0.25) is 4.79 Å². The predicted molar refractivity (Wildman–Crippen MR) is 69.4 cm³/mol. The third-order valence-corrected chi connectivity index (χ3v) is 3.75. The lowest BCUT2D eigenvalue weighted by molar-refractivity contribution is 0.0477. The van der Waals surface area contributed by atoms with Crippen molar-refractivity contribution in [3.63, 3.8) is 0 Å². The van der Waals surface area contributed by atoms with Gasteiger partial charge in [0.05, 0.1) is 6.10 Å². The molecule has 1 saturated heterocycles. The number of likely N-dealkylation sites (tertiary alicyclic amines) is 1. The van der Waals surface area contributed by atoms with Crippen LogP contribution in [0.5, 0.6) is 0 Å². The predicted octanol–water partition coefficient (Wildman–Crippen LogP) is 0.689. The lowest BCUT2D eigenvalue weighted by Crippen LogP contribution is -2.42. The first kappa shape index (κ1) is 13.1. The minimum absolute atomic E-state index is 0.0778. The molecule has 1 aliphatic rings. The highest BCUT2D eigenvalue weighted by Gasteiger charge is 2.25. The molecule has 1 atom stereocenters. The monoisotopic (exact) mass is 265 g/mol. The third kappa shape index (κ3) is 2.91. The van der Waals surface area contributed by atoms with Gasteiger partial charge in [-0.2, -0.15) is 0 Å². The minimum atomic E-state index is -0.422. The second-order valence-electron chi connectivity index (χ2n) is 4.17. The van der Waals surface area contributed by atoms with E-state index in [0.717, 1.165) is 12.8 Å². The maximum absolute atomic E-state index is 12.3. The van der Waals surface area contributed by atoms with Crippen molar-refractivity contribution in [1.82, 2.24) is 4.90 Å². The molecule has 1 fully saturated rings. The topological polar surface area (TPSA) is 60.8 Å². The lowest BCUT2D eigenvalue weighted by atomic mass is 10.1. The first-order valence-electron chi connectivity index (χ1n) is 5.87. The smallest absolute Gasteiger partial charge is 0.265 e. The highest BCUT2D eigenvalue weighted by Crippen LogP contribution is 2.20. The summed E-state index contributed by atoms with van der Waals surface area (Å²) in [5, 5.41) is 20.1. The number of piperidine rings is 1. The summed E-state index contributed by atoms with van der Waals surface area (Å²) >= 11 is 1.35. The Hall–Kier alpha value is -1.35. The van der Waals surface area contributed by atoms with Crippen LogP contribution in [0.25, 0.3) is 0 Å². The number of carbonyl (C=O) groups excluding carboxylic acids is 1. The van der Waals surface area contributed by atoms with E-state index in [1.165, 1.54) is 11.3 Å². The molecule has 2 N–H and O–H groups in total. The number of nitrogens with zero attached hydrogens (tertiary/aromatic N) is 1. The second-order valence-corrected chi connectivity index (χ2v) is 5.09. The Kier molecular flexibility index (Phi) is 4.37. The van der Waals surface area contributed by atoms with Crippen LogP contribution in [0.3, 0.4) is 0 Å². The zero-order valence-electron chi connectivity index (χ0n) is 9.93. The number of β-amino-alcohol motifs (C(OH)–C–C–N with tert-alkyl or cyclic N) is 1. The first-order valence-corrected chi connectivity index (χ1v) is 6.75. The van der Waals surface area contributed by atoms with Gasteiger partial charge in [-0.15, -0.1) is 11.3 Å². The fourth-order valence-electron chi connectivity index (χ4n) is 1.99. The summed E-state index contributed by atoms with van der Waals surface area (Å²) in [4.78, 5) is 14.5. The fourth-order valence-corrected chi connectivity index (χ4v) is 2.81. The Morgan fingerprint density at radius 2 is 2.44 bits per heavy atom. The van der Waals surface area contributed by atoms with Crippen molar-refractivity contribution in [3.05, 3.63) is 21.9 Å². The van der Waals surface area contributed by atoms with Gasteiger partial charge in [0, 0.05) is 18.7 Å². The van der Waals surface area contributed by atoms with Crippen molar-refractivity contribution in [2.45, 2.75) is 18.9 Å². The molecule has 96 valence electrons. The molecular formula is C13H15NO3S. The summed E-state index contributed by atoms with van der Waals surface area (Å²) in [6, 6.07) is 1.78. The van der Waals surface area contributed by atoms with E-state index >= 15 is 0 Å². The molecule has 1 aromatic heterocycles. The zero-order valence-corrected chi connectivity index (χ0v) is 10.7. The Labute approximate surface area is 110 Å².